The zero-order chi connectivity index (χ0) is 15.9. The fourth-order valence-corrected chi connectivity index (χ4v) is 2.33. The van der Waals surface area contributed by atoms with Gasteiger partial charge >= 0.3 is 0 Å². The summed E-state index contributed by atoms with van der Waals surface area (Å²) in [5.41, 5.74) is 2.27. The van der Waals surface area contributed by atoms with Gasteiger partial charge in [0.1, 0.15) is 0 Å². The maximum absolute atomic E-state index is 11.0. The summed E-state index contributed by atoms with van der Waals surface area (Å²) in [5.74, 6) is -0.0555. The first-order valence-corrected chi connectivity index (χ1v) is 7.50. The lowest BCUT2D eigenvalue weighted by molar-refractivity contribution is -0.114. The van der Waals surface area contributed by atoms with Crippen LogP contribution in [0.15, 0.2) is 24.3 Å². The molecule has 0 atom stereocenters. The van der Waals surface area contributed by atoms with Gasteiger partial charge in [0.2, 0.25) is 5.91 Å². The lowest BCUT2D eigenvalue weighted by Gasteiger charge is -2.30. The molecule has 0 aliphatic carbocycles. The molecule has 2 N–H and O–H groups in total. The fourth-order valence-electron chi connectivity index (χ4n) is 2.33. The van der Waals surface area contributed by atoms with Crippen LogP contribution in [0.3, 0.4) is 0 Å². The Morgan fingerprint density at radius 1 is 1.24 bits per heavy atom. The first kappa shape index (κ1) is 17.7. The molecule has 21 heavy (non-hydrogen) atoms. The number of aliphatic hydroxyl groups is 1. The summed E-state index contributed by atoms with van der Waals surface area (Å²) in [6.45, 7) is 11.1. The number of hydrogen-bond acceptors (Lipinski definition) is 3. The third-order valence-electron chi connectivity index (χ3n) is 3.01. The Hall–Kier alpha value is -1.39. The van der Waals surface area contributed by atoms with Gasteiger partial charge in [-0.25, -0.2) is 0 Å². The van der Waals surface area contributed by atoms with Gasteiger partial charge in [-0.2, -0.15) is 0 Å². The van der Waals surface area contributed by atoms with Crippen molar-refractivity contribution in [3.63, 3.8) is 0 Å². The highest BCUT2D eigenvalue weighted by molar-refractivity contribution is 5.88. The first-order valence-electron chi connectivity index (χ1n) is 7.50. The second-order valence-electron chi connectivity index (χ2n) is 6.73. The summed E-state index contributed by atoms with van der Waals surface area (Å²) < 4.78 is 0. The molecule has 1 aromatic carbocycles. The summed E-state index contributed by atoms with van der Waals surface area (Å²) in [4.78, 5) is 13.4. The molecule has 4 heteroatoms. The Morgan fingerprint density at radius 2 is 1.86 bits per heavy atom. The third-order valence-corrected chi connectivity index (χ3v) is 3.01. The number of amides is 1. The van der Waals surface area contributed by atoms with Crippen LogP contribution in [0.2, 0.25) is 0 Å². The van der Waals surface area contributed by atoms with Crippen molar-refractivity contribution in [3.05, 3.63) is 29.8 Å². The zero-order valence-electron chi connectivity index (χ0n) is 13.6. The highest BCUT2D eigenvalue weighted by atomic mass is 16.3. The van der Waals surface area contributed by atoms with Crippen LogP contribution in [-0.4, -0.2) is 35.6 Å². The number of anilines is 1. The minimum atomic E-state index is -0.0555. The third kappa shape index (κ3) is 7.83. The van der Waals surface area contributed by atoms with Crippen molar-refractivity contribution in [3.8, 4) is 0 Å². The van der Waals surface area contributed by atoms with E-state index in [4.69, 9.17) is 5.11 Å². The van der Waals surface area contributed by atoms with Crippen LogP contribution >= 0.6 is 0 Å². The van der Waals surface area contributed by atoms with E-state index in [2.05, 4.69) is 31.0 Å². The van der Waals surface area contributed by atoms with Crippen molar-refractivity contribution >= 4 is 11.6 Å². The zero-order valence-corrected chi connectivity index (χ0v) is 13.6. The van der Waals surface area contributed by atoms with Crippen molar-refractivity contribution < 1.29 is 9.90 Å². The van der Waals surface area contributed by atoms with Crippen LogP contribution in [0.25, 0.3) is 0 Å². The van der Waals surface area contributed by atoms with E-state index in [1.165, 1.54) is 12.5 Å². The number of nitrogens with one attached hydrogen (secondary N) is 1. The Morgan fingerprint density at radius 3 is 2.33 bits per heavy atom. The molecule has 118 valence electrons. The number of hydrogen-bond donors (Lipinski definition) is 2. The molecule has 0 aliphatic heterocycles. The molecular formula is C17H28N2O2. The Balaban J connectivity index is 2.66. The van der Waals surface area contributed by atoms with Gasteiger partial charge in [-0.3, -0.25) is 9.69 Å². The fraction of sp³-hybridized carbons (Fsp3) is 0.588. The summed E-state index contributed by atoms with van der Waals surface area (Å²) >= 11 is 0. The molecular weight excluding hydrogens is 264 g/mol. The van der Waals surface area contributed by atoms with Crippen LogP contribution in [0.4, 0.5) is 5.69 Å². The topological polar surface area (TPSA) is 52.6 Å². The van der Waals surface area contributed by atoms with E-state index in [1.54, 1.807) is 0 Å². The molecule has 0 saturated heterocycles. The molecule has 0 unspecified atom stereocenters. The Labute approximate surface area is 128 Å². The number of carbonyl (C=O) groups excluding carboxylic acids is 1. The SMILES string of the molecule is CC(=O)Nc1ccc(CN(CCCO)CC(C)(C)C)cc1. The van der Waals surface area contributed by atoms with Crippen LogP contribution < -0.4 is 5.32 Å². The summed E-state index contributed by atoms with van der Waals surface area (Å²) in [6, 6.07) is 7.94. The summed E-state index contributed by atoms with van der Waals surface area (Å²) in [7, 11) is 0. The van der Waals surface area contributed by atoms with E-state index in [0.29, 0.717) is 0 Å². The monoisotopic (exact) mass is 292 g/mol. The molecule has 0 heterocycles. The predicted molar refractivity (Wildman–Crippen MR) is 87.2 cm³/mol. The number of nitrogens with zero attached hydrogens (tertiary/aromatic N) is 1. The van der Waals surface area contributed by atoms with E-state index in [0.717, 1.165) is 31.7 Å². The molecule has 0 fully saturated rings. The minimum absolute atomic E-state index is 0.0555. The maximum atomic E-state index is 11.0. The van der Waals surface area contributed by atoms with Crippen LogP contribution in [0.1, 0.15) is 39.7 Å². The summed E-state index contributed by atoms with van der Waals surface area (Å²) in [5, 5.41) is 11.8. The molecule has 0 saturated carbocycles. The maximum Gasteiger partial charge on any atom is 0.221 e. The van der Waals surface area contributed by atoms with Gasteiger partial charge in [0.15, 0.2) is 0 Å². The molecule has 0 aliphatic rings. The first-order chi connectivity index (χ1) is 9.80. The van der Waals surface area contributed by atoms with E-state index in [1.807, 2.05) is 24.3 Å². The molecule has 0 spiro atoms. The van der Waals surface area contributed by atoms with Crippen molar-refractivity contribution in [2.45, 2.75) is 40.7 Å². The molecule has 1 rings (SSSR count). The lowest BCUT2D eigenvalue weighted by atomic mass is 9.95. The van der Waals surface area contributed by atoms with Crippen molar-refractivity contribution in [2.75, 3.05) is 25.0 Å². The van der Waals surface area contributed by atoms with Crippen molar-refractivity contribution in [2.24, 2.45) is 5.41 Å². The van der Waals surface area contributed by atoms with Gasteiger partial charge in [0, 0.05) is 38.9 Å². The molecule has 0 aromatic heterocycles. The highest BCUT2D eigenvalue weighted by Gasteiger charge is 2.16. The molecule has 0 radical (unpaired) electrons. The van der Waals surface area contributed by atoms with Crippen molar-refractivity contribution in [1.29, 1.82) is 0 Å². The number of carbonyl (C=O) groups is 1. The standard InChI is InChI=1S/C17H28N2O2/c1-14(21)18-16-8-6-15(7-9-16)12-19(10-5-11-20)13-17(2,3)4/h6-9,20H,5,10-13H2,1-4H3,(H,18,21). The second kappa shape index (κ2) is 8.15. The molecule has 4 nitrogen and oxygen atoms in total. The average Bonchev–Trinajstić information content (AvgIpc) is 2.36. The molecule has 1 aromatic rings. The van der Waals surface area contributed by atoms with Crippen LogP contribution in [0.5, 0.6) is 0 Å². The lowest BCUT2D eigenvalue weighted by Crippen LogP contribution is -2.33. The van der Waals surface area contributed by atoms with Crippen LogP contribution in [-0.2, 0) is 11.3 Å². The van der Waals surface area contributed by atoms with Gasteiger partial charge in [-0.1, -0.05) is 32.9 Å². The Kier molecular flexibility index (Phi) is 6.85. The number of rotatable bonds is 7. The van der Waals surface area contributed by atoms with Gasteiger partial charge in [-0.05, 0) is 29.5 Å². The van der Waals surface area contributed by atoms with Crippen LogP contribution in [0, 0.1) is 5.41 Å². The van der Waals surface area contributed by atoms with E-state index in [-0.39, 0.29) is 17.9 Å². The van der Waals surface area contributed by atoms with Gasteiger partial charge in [0.25, 0.3) is 0 Å². The minimum Gasteiger partial charge on any atom is -0.396 e. The quantitative estimate of drug-likeness (QED) is 0.812. The average molecular weight is 292 g/mol. The van der Waals surface area contributed by atoms with E-state index in [9.17, 15) is 4.79 Å². The second-order valence-corrected chi connectivity index (χ2v) is 6.73. The number of benzene rings is 1. The largest absolute Gasteiger partial charge is 0.396 e. The normalized spacial score (nSPS) is 11.7. The Bertz CT molecular complexity index is 435. The van der Waals surface area contributed by atoms with E-state index < -0.39 is 0 Å². The van der Waals surface area contributed by atoms with Gasteiger partial charge in [-0.15, -0.1) is 0 Å². The smallest absolute Gasteiger partial charge is 0.221 e. The molecule has 1 amide bonds. The van der Waals surface area contributed by atoms with Gasteiger partial charge < -0.3 is 10.4 Å². The van der Waals surface area contributed by atoms with E-state index >= 15 is 0 Å². The predicted octanol–water partition coefficient (Wildman–Crippen LogP) is 2.88. The number of aliphatic hydroxyl groups excluding tert-OH is 1. The summed E-state index contributed by atoms with van der Waals surface area (Å²) in [6.07, 6.45) is 0.792. The molecule has 0 bridgehead atoms. The highest BCUT2D eigenvalue weighted by Crippen LogP contribution is 2.18. The van der Waals surface area contributed by atoms with Crippen molar-refractivity contribution in [1.82, 2.24) is 4.90 Å². The van der Waals surface area contributed by atoms with Gasteiger partial charge in [0.05, 0.1) is 0 Å².